The van der Waals surface area contributed by atoms with Crippen LogP contribution in [0.4, 0.5) is 0 Å². The molecule has 3 unspecified atom stereocenters. The van der Waals surface area contributed by atoms with Crippen LogP contribution >= 0.6 is 0 Å². The lowest BCUT2D eigenvalue weighted by atomic mass is 9.63. The molecule has 1 saturated carbocycles. The number of nitrogens with zero attached hydrogens (tertiary/aromatic N) is 1. The molecule has 3 fully saturated rings. The maximum Gasteiger partial charge on any atom is 0.00926 e. The lowest BCUT2D eigenvalue weighted by Gasteiger charge is -2.49. The molecule has 3 aliphatic rings. The van der Waals surface area contributed by atoms with Crippen molar-refractivity contribution >= 4 is 0 Å². The van der Waals surface area contributed by atoms with Crippen molar-refractivity contribution in [2.24, 2.45) is 11.3 Å². The van der Waals surface area contributed by atoms with Crippen LogP contribution in [0, 0.1) is 11.3 Å². The second-order valence-corrected chi connectivity index (χ2v) is 8.62. The molecule has 3 atom stereocenters. The van der Waals surface area contributed by atoms with Gasteiger partial charge in [0.1, 0.15) is 0 Å². The second kappa shape index (κ2) is 6.58. The van der Waals surface area contributed by atoms with Gasteiger partial charge < -0.3 is 10.2 Å². The molecule has 1 N–H and O–H groups in total. The van der Waals surface area contributed by atoms with Crippen molar-refractivity contribution in [1.82, 2.24) is 10.2 Å². The van der Waals surface area contributed by atoms with Gasteiger partial charge in [-0.2, -0.15) is 0 Å². The summed E-state index contributed by atoms with van der Waals surface area (Å²) >= 11 is 0. The molecule has 1 aliphatic carbocycles. The minimum absolute atomic E-state index is 0.760. The standard InChI is InChI=1S/C19H36N2/c1-15(2)18-7-4-6-17(20-18)14-16(3)21-12-10-19(11-13-21)8-5-9-19/h15-18,20H,4-14H2,1-3H3. The Morgan fingerprint density at radius 1 is 1.00 bits per heavy atom. The van der Waals surface area contributed by atoms with Gasteiger partial charge in [-0.05, 0) is 76.3 Å². The molecule has 0 radical (unpaired) electrons. The Morgan fingerprint density at radius 3 is 2.29 bits per heavy atom. The maximum atomic E-state index is 3.93. The first kappa shape index (κ1) is 15.8. The van der Waals surface area contributed by atoms with Crippen LogP contribution in [0.2, 0.25) is 0 Å². The SMILES string of the molecule is CC(C)C1CCCC(CC(C)N2CCC3(CCC3)CC2)N1. The van der Waals surface area contributed by atoms with E-state index in [1.807, 2.05) is 0 Å². The smallest absolute Gasteiger partial charge is 0.00926 e. The molecule has 3 rings (SSSR count). The van der Waals surface area contributed by atoms with E-state index in [1.165, 1.54) is 70.9 Å². The molecule has 0 bridgehead atoms. The number of rotatable bonds is 4. The van der Waals surface area contributed by atoms with Crippen LogP contribution in [-0.2, 0) is 0 Å². The van der Waals surface area contributed by atoms with Gasteiger partial charge in [0, 0.05) is 18.1 Å². The zero-order chi connectivity index (χ0) is 14.9. The number of hydrogen-bond donors (Lipinski definition) is 1. The average Bonchev–Trinajstić information content (AvgIpc) is 2.46. The molecule has 0 amide bonds. The third-order valence-electron chi connectivity index (χ3n) is 6.84. The summed E-state index contributed by atoms with van der Waals surface area (Å²) in [6.07, 6.45) is 13.1. The quantitative estimate of drug-likeness (QED) is 0.835. The van der Waals surface area contributed by atoms with E-state index in [2.05, 4.69) is 31.0 Å². The van der Waals surface area contributed by atoms with E-state index < -0.39 is 0 Å². The first-order valence-electron chi connectivity index (χ1n) is 9.58. The Hall–Kier alpha value is -0.0800. The van der Waals surface area contributed by atoms with E-state index >= 15 is 0 Å². The van der Waals surface area contributed by atoms with E-state index in [4.69, 9.17) is 0 Å². The lowest BCUT2D eigenvalue weighted by Crippen LogP contribution is -2.50. The van der Waals surface area contributed by atoms with Crippen LogP contribution in [0.3, 0.4) is 0 Å². The molecule has 2 aliphatic heterocycles. The van der Waals surface area contributed by atoms with E-state index in [0.717, 1.165) is 29.5 Å². The van der Waals surface area contributed by atoms with Crippen molar-refractivity contribution in [1.29, 1.82) is 0 Å². The summed E-state index contributed by atoms with van der Waals surface area (Å²) in [5.41, 5.74) is 0.794. The Kier molecular flexibility index (Phi) is 4.95. The third kappa shape index (κ3) is 3.64. The molecule has 0 aromatic carbocycles. The fourth-order valence-corrected chi connectivity index (χ4v) is 4.94. The van der Waals surface area contributed by atoms with E-state index in [9.17, 15) is 0 Å². The van der Waals surface area contributed by atoms with Crippen molar-refractivity contribution in [3.63, 3.8) is 0 Å². The van der Waals surface area contributed by atoms with Gasteiger partial charge >= 0.3 is 0 Å². The summed E-state index contributed by atoms with van der Waals surface area (Å²) in [5.74, 6) is 0.788. The van der Waals surface area contributed by atoms with Gasteiger partial charge in [0.2, 0.25) is 0 Å². The highest BCUT2D eigenvalue weighted by molar-refractivity contribution is 4.94. The van der Waals surface area contributed by atoms with E-state index in [-0.39, 0.29) is 0 Å². The molecule has 2 heterocycles. The number of hydrogen-bond acceptors (Lipinski definition) is 2. The highest BCUT2D eigenvalue weighted by Crippen LogP contribution is 2.49. The van der Waals surface area contributed by atoms with E-state index in [0.29, 0.717) is 0 Å². The molecule has 2 saturated heterocycles. The highest BCUT2D eigenvalue weighted by atomic mass is 15.2. The van der Waals surface area contributed by atoms with Crippen LogP contribution in [0.15, 0.2) is 0 Å². The first-order valence-corrected chi connectivity index (χ1v) is 9.58. The molecular weight excluding hydrogens is 256 g/mol. The Bertz CT molecular complexity index is 324. The van der Waals surface area contributed by atoms with Gasteiger partial charge in [-0.15, -0.1) is 0 Å². The molecule has 0 aromatic rings. The number of piperidine rings is 2. The Morgan fingerprint density at radius 2 is 1.71 bits per heavy atom. The Balaban J connectivity index is 1.44. The summed E-state index contributed by atoms with van der Waals surface area (Å²) in [7, 11) is 0. The predicted octanol–water partition coefficient (Wildman–Crippen LogP) is 4.20. The molecule has 122 valence electrons. The summed E-state index contributed by atoms with van der Waals surface area (Å²) in [5, 5.41) is 3.93. The number of nitrogens with one attached hydrogen (secondary N) is 1. The average molecular weight is 293 g/mol. The van der Waals surface area contributed by atoms with Crippen LogP contribution in [0.25, 0.3) is 0 Å². The summed E-state index contributed by atoms with van der Waals surface area (Å²) in [4.78, 5) is 2.78. The van der Waals surface area contributed by atoms with Crippen molar-refractivity contribution in [2.75, 3.05) is 13.1 Å². The van der Waals surface area contributed by atoms with Crippen LogP contribution in [0.5, 0.6) is 0 Å². The normalized spacial score (nSPS) is 34.9. The third-order valence-corrected chi connectivity index (χ3v) is 6.84. The Labute approximate surface area is 132 Å². The van der Waals surface area contributed by atoms with Gasteiger partial charge in [-0.3, -0.25) is 0 Å². The van der Waals surface area contributed by atoms with Crippen LogP contribution in [-0.4, -0.2) is 36.1 Å². The minimum atomic E-state index is 0.760. The van der Waals surface area contributed by atoms with Crippen molar-refractivity contribution in [3.05, 3.63) is 0 Å². The van der Waals surface area contributed by atoms with Gasteiger partial charge in [0.05, 0.1) is 0 Å². The molecule has 1 spiro atoms. The molecule has 2 nitrogen and oxygen atoms in total. The second-order valence-electron chi connectivity index (χ2n) is 8.62. The molecule has 21 heavy (non-hydrogen) atoms. The maximum absolute atomic E-state index is 3.93. The fourth-order valence-electron chi connectivity index (χ4n) is 4.94. The van der Waals surface area contributed by atoms with E-state index in [1.54, 1.807) is 0 Å². The van der Waals surface area contributed by atoms with Crippen molar-refractivity contribution in [2.45, 2.75) is 96.7 Å². The zero-order valence-corrected chi connectivity index (χ0v) is 14.5. The van der Waals surface area contributed by atoms with Crippen molar-refractivity contribution in [3.8, 4) is 0 Å². The zero-order valence-electron chi connectivity index (χ0n) is 14.5. The summed E-state index contributed by atoms with van der Waals surface area (Å²) in [6.45, 7) is 9.93. The largest absolute Gasteiger partial charge is 0.311 e. The number of likely N-dealkylation sites (tertiary alicyclic amines) is 1. The molecular formula is C19H36N2. The van der Waals surface area contributed by atoms with Gasteiger partial charge in [0.15, 0.2) is 0 Å². The van der Waals surface area contributed by atoms with Crippen LogP contribution < -0.4 is 5.32 Å². The fraction of sp³-hybridized carbons (Fsp3) is 1.00. The monoisotopic (exact) mass is 292 g/mol. The minimum Gasteiger partial charge on any atom is -0.311 e. The first-order chi connectivity index (χ1) is 10.1. The molecule has 0 aromatic heterocycles. The highest BCUT2D eigenvalue weighted by Gasteiger charge is 2.40. The van der Waals surface area contributed by atoms with Gasteiger partial charge in [-0.1, -0.05) is 26.7 Å². The van der Waals surface area contributed by atoms with Crippen LogP contribution in [0.1, 0.15) is 78.6 Å². The van der Waals surface area contributed by atoms with Gasteiger partial charge in [-0.25, -0.2) is 0 Å². The topological polar surface area (TPSA) is 15.3 Å². The summed E-state index contributed by atoms with van der Waals surface area (Å²) < 4.78 is 0. The van der Waals surface area contributed by atoms with Crippen molar-refractivity contribution < 1.29 is 0 Å². The lowest BCUT2D eigenvalue weighted by molar-refractivity contribution is 0.0148. The summed E-state index contributed by atoms with van der Waals surface area (Å²) in [6, 6.07) is 2.29. The predicted molar refractivity (Wildman–Crippen MR) is 90.6 cm³/mol. The molecule has 2 heteroatoms. The van der Waals surface area contributed by atoms with Gasteiger partial charge in [0.25, 0.3) is 0 Å².